The van der Waals surface area contributed by atoms with Crippen LogP contribution >= 0.6 is 11.8 Å². The van der Waals surface area contributed by atoms with Crippen molar-refractivity contribution in [2.24, 2.45) is 0 Å². The monoisotopic (exact) mass is 494 g/mol. The van der Waals surface area contributed by atoms with E-state index >= 15 is 0 Å². The largest absolute Gasteiger partial charge is 0.383 e. The van der Waals surface area contributed by atoms with Crippen LogP contribution in [0.15, 0.2) is 65.8 Å². The van der Waals surface area contributed by atoms with Gasteiger partial charge in [-0.2, -0.15) is 5.01 Å². The van der Waals surface area contributed by atoms with E-state index in [2.05, 4.69) is 20.9 Å². The van der Waals surface area contributed by atoms with Gasteiger partial charge in [0.2, 0.25) is 5.91 Å². The van der Waals surface area contributed by atoms with E-state index < -0.39 is 23.4 Å². The Bertz CT molecular complexity index is 1200. The van der Waals surface area contributed by atoms with Crippen LogP contribution in [0.4, 0.5) is 4.79 Å². The van der Waals surface area contributed by atoms with Gasteiger partial charge in [0.1, 0.15) is 5.54 Å². The van der Waals surface area contributed by atoms with Crippen molar-refractivity contribution in [3.63, 3.8) is 0 Å². The summed E-state index contributed by atoms with van der Waals surface area (Å²) in [6, 6.07) is 17.9. The van der Waals surface area contributed by atoms with Crippen molar-refractivity contribution in [1.82, 2.24) is 30.5 Å². The Balaban J connectivity index is 1.45. The summed E-state index contributed by atoms with van der Waals surface area (Å²) in [5.74, 6) is -0.443. The van der Waals surface area contributed by atoms with Crippen LogP contribution in [0, 0.1) is 0 Å². The number of urea groups is 1. The van der Waals surface area contributed by atoms with Crippen LogP contribution in [0.25, 0.3) is 11.4 Å². The maximum absolute atomic E-state index is 13.2. The molecule has 11 heteroatoms. The van der Waals surface area contributed by atoms with Crippen LogP contribution < -0.4 is 10.7 Å². The van der Waals surface area contributed by atoms with E-state index in [-0.39, 0.29) is 5.75 Å². The second kappa shape index (κ2) is 10.7. The van der Waals surface area contributed by atoms with E-state index in [1.807, 2.05) is 47.9 Å². The first-order valence-corrected chi connectivity index (χ1v) is 12.1. The van der Waals surface area contributed by atoms with E-state index in [9.17, 15) is 14.4 Å². The number of aromatic nitrogens is 3. The zero-order valence-electron chi connectivity index (χ0n) is 19.4. The molecule has 1 aliphatic heterocycles. The van der Waals surface area contributed by atoms with Crippen LogP contribution in [0.3, 0.4) is 0 Å². The molecule has 3 aromatic rings. The number of methoxy groups -OCH3 is 1. The van der Waals surface area contributed by atoms with Gasteiger partial charge in [-0.15, -0.1) is 10.2 Å². The molecule has 2 heterocycles. The van der Waals surface area contributed by atoms with Crippen molar-refractivity contribution >= 4 is 29.6 Å². The van der Waals surface area contributed by atoms with E-state index in [1.54, 1.807) is 31.4 Å². The number of rotatable bonds is 10. The molecule has 0 unspecified atom stereocenters. The van der Waals surface area contributed by atoms with Gasteiger partial charge >= 0.3 is 6.03 Å². The molecule has 1 saturated heterocycles. The summed E-state index contributed by atoms with van der Waals surface area (Å²) < 4.78 is 7.09. The molecule has 0 spiro atoms. The highest BCUT2D eigenvalue weighted by Gasteiger charge is 2.52. The van der Waals surface area contributed by atoms with Crippen LogP contribution in [-0.4, -0.2) is 57.1 Å². The Labute approximate surface area is 207 Å². The number of carbonyl (C=O) groups is 3. The molecule has 1 fully saturated rings. The minimum Gasteiger partial charge on any atom is -0.383 e. The molecule has 1 aliphatic rings. The summed E-state index contributed by atoms with van der Waals surface area (Å²) in [4.78, 5) is 38.5. The molecule has 182 valence electrons. The van der Waals surface area contributed by atoms with E-state index in [4.69, 9.17) is 4.74 Å². The fraction of sp³-hybridized carbons (Fsp3) is 0.292. The quantitative estimate of drug-likeness (QED) is 0.328. The predicted octanol–water partition coefficient (Wildman–Crippen LogP) is 2.57. The molecular formula is C24H26N6O4S. The second-order valence-corrected chi connectivity index (χ2v) is 8.78. The van der Waals surface area contributed by atoms with Crippen LogP contribution in [0.2, 0.25) is 0 Å². The standard InChI is InChI=1S/C24H26N6O4S/c1-3-24(18-12-8-5-9-13-18)21(32)30(22(33)25-24)28-19(31)16-35-23-27-26-20(29(23)14-15-34-2)17-10-6-4-7-11-17/h4-13H,3,14-16H2,1-2H3,(H,25,33)(H,28,31)/t24-/m0/s1. The highest BCUT2D eigenvalue weighted by atomic mass is 32.2. The molecular weight excluding hydrogens is 468 g/mol. The Kier molecular flexibility index (Phi) is 7.47. The number of hydrazine groups is 1. The minimum absolute atomic E-state index is 0.0680. The van der Waals surface area contributed by atoms with Crippen LogP contribution in [-0.2, 0) is 26.4 Å². The number of nitrogens with one attached hydrogen (secondary N) is 2. The fourth-order valence-corrected chi connectivity index (χ4v) is 4.66. The number of benzene rings is 2. The predicted molar refractivity (Wildman–Crippen MR) is 130 cm³/mol. The maximum Gasteiger partial charge on any atom is 0.344 e. The van der Waals surface area contributed by atoms with Gasteiger partial charge in [-0.05, 0) is 12.0 Å². The lowest BCUT2D eigenvalue weighted by atomic mass is 9.87. The number of hydrogen-bond donors (Lipinski definition) is 2. The molecule has 35 heavy (non-hydrogen) atoms. The van der Waals surface area contributed by atoms with Crippen molar-refractivity contribution in [1.29, 1.82) is 0 Å². The lowest BCUT2D eigenvalue weighted by Crippen LogP contribution is -2.49. The molecule has 0 radical (unpaired) electrons. The SMILES string of the molecule is CC[C@@]1(c2ccccc2)NC(=O)N(NC(=O)CSc2nnc(-c3ccccc3)n2CCOC)C1=O. The smallest absolute Gasteiger partial charge is 0.344 e. The molecule has 4 amide bonds. The van der Waals surface area contributed by atoms with Crippen molar-refractivity contribution in [3.8, 4) is 11.4 Å². The third kappa shape index (κ3) is 4.91. The third-order valence-electron chi connectivity index (χ3n) is 5.73. The number of amides is 4. The fourth-order valence-electron chi connectivity index (χ4n) is 3.91. The molecule has 1 aromatic heterocycles. The lowest BCUT2D eigenvalue weighted by molar-refractivity contribution is -0.138. The van der Waals surface area contributed by atoms with Crippen molar-refractivity contribution in [2.75, 3.05) is 19.5 Å². The first-order chi connectivity index (χ1) is 17.0. The number of imide groups is 1. The van der Waals surface area contributed by atoms with Crippen molar-refractivity contribution in [3.05, 3.63) is 66.2 Å². The normalized spacial score (nSPS) is 17.5. The number of carbonyl (C=O) groups excluding carboxylic acids is 3. The van der Waals surface area contributed by atoms with Gasteiger partial charge in [-0.25, -0.2) is 4.79 Å². The molecule has 0 saturated carbocycles. The Morgan fingerprint density at radius 1 is 1.09 bits per heavy atom. The average Bonchev–Trinajstić information content (AvgIpc) is 3.41. The first kappa shape index (κ1) is 24.4. The molecule has 1 atom stereocenters. The van der Waals surface area contributed by atoms with Gasteiger partial charge in [-0.3, -0.25) is 19.6 Å². The van der Waals surface area contributed by atoms with Gasteiger partial charge in [0, 0.05) is 12.7 Å². The number of ether oxygens (including phenoxy) is 1. The van der Waals surface area contributed by atoms with Crippen LogP contribution in [0.1, 0.15) is 18.9 Å². The Hall–Kier alpha value is -3.70. The second-order valence-electron chi connectivity index (χ2n) is 7.84. The van der Waals surface area contributed by atoms with Gasteiger partial charge in [0.05, 0.1) is 18.9 Å². The zero-order valence-corrected chi connectivity index (χ0v) is 20.2. The maximum atomic E-state index is 13.2. The molecule has 4 rings (SSSR count). The molecule has 0 aliphatic carbocycles. The summed E-state index contributed by atoms with van der Waals surface area (Å²) in [5, 5.41) is 12.5. The number of nitrogens with zero attached hydrogens (tertiary/aromatic N) is 4. The first-order valence-electron chi connectivity index (χ1n) is 11.1. The number of hydrogen-bond acceptors (Lipinski definition) is 7. The number of thioether (sulfide) groups is 1. The summed E-state index contributed by atoms with van der Waals surface area (Å²) in [6.07, 6.45) is 0.341. The zero-order chi connectivity index (χ0) is 24.8. The average molecular weight is 495 g/mol. The minimum atomic E-state index is -1.22. The van der Waals surface area contributed by atoms with Gasteiger partial charge in [-0.1, -0.05) is 79.3 Å². The summed E-state index contributed by atoms with van der Waals surface area (Å²) in [5.41, 5.74) is 2.77. The van der Waals surface area contributed by atoms with Gasteiger partial charge in [0.25, 0.3) is 5.91 Å². The van der Waals surface area contributed by atoms with Crippen LogP contribution in [0.5, 0.6) is 0 Å². The van der Waals surface area contributed by atoms with Gasteiger partial charge in [0.15, 0.2) is 11.0 Å². The topological polar surface area (TPSA) is 118 Å². The van der Waals surface area contributed by atoms with Crippen molar-refractivity contribution < 1.29 is 19.1 Å². The highest BCUT2D eigenvalue weighted by Crippen LogP contribution is 2.31. The Morgan fingerprint density at radius 3 is 2.43 bits per heavy atom. The molecule has 2 aromatic carbocycles. The Morgan fingerprint density at radius 2 is 1.77 bits per heavy atom. The summed E-state index contributed by atoms with van der Waals surface area (Å²) in [7, 11) is 1.61. The van der Waals surface area contributed by atoms with E-state index in [0.29, 0.717) is 36.1 Å². The van der Waals surface area contributed by atoms with E-state index in [1.165, 1.54) is 0 Å². The molecule has 10 nitrogen and oxygen atoms in total. The van der Waals surface area contributed by atoms with Crippen molar-refractivity contribution in [2.45, 2.75) is 30.6 Å². The third-order valence-corrected chi connectivity index (χ3v) is 6.69. The van der Waals surface area contributed by atoms with Gasteiger partial charge < -0.3 is 10.1 Å². The van der Waals surface area contributed by atoms with E-state index in [0.717, 1.165) is 22.3 Å². The summed E-state index contributed by atoms with van der Waals surface area (Å²) in [6.45, 7) is 2.75. The summed E-state index contributed by atoms with van der Waals surface area (Å²) >= 11 is 1.16. The highest BCUT2D eigenvalue weighted by molar-refractivity contribution is 7.99. The lowest BCUT2D eigenvalue weighted by Gasteiger charge is -2.25. The molecule has 0 bridgehead atoms. The molecule has 2 N–H and O–H groups in total.